The van der Waals surface area contributed by atoms with Gasteiger partial charge in [-0.25, -0.2) is 0 Å². The van der Waals surface area contributed by atoms with Gasteiger partial charge >= 0.3 is 0 Å². The number of amides is 2. The minimum Gasteiger partial charge on any atom is -0.337 e. The standard InChI is InChI=1S/C27H38ClN3O3/c1-18-16-29(11-12-30(18)27(34)21-7-4-5-8-21)17-23-14-24(28)13-22(19(23)2)15-26(33)25-9-6-10-31(25)20(3)32/h13-14,18,21,25H,4-12,15-17H2,1-3H3/t18-,25+/m0/s1. The average molecular weight is 488 g/mol. The molecule has 0 aromatic heterocycles. The van der Waals surface area contributed by atoms with Crippen molar-refractivity contribution in [1.29, 1.82) is 0 Å². The van der Waals surface area contributed by atoms with Crippen molar-refractivity contribution in [3.05, 3.63) is 33.8 Å². The second-order valence-electron chi connectivity index (χ2n) is 10.5. The first-order valence-corrected chi connectivity index (χ1v) is 13.2. The molecule has 0 unspecified atom stereocenters. The van der Waals surface area contributed by atoms with Crippen molar-refractivity contribution in [3.63, 3.8) is 0 Å². The van der Waals surface area contributed by atoms with E-state index in [0.717, 1.165) is 68.6 Å². The molecule has 34 heavy (non-hydrogen) atoms. The largest absolute Gasteiger partial charge is 0.337 e. The van der Waals surface area contributed by atoms with Crippen LogP contribution in [0.5, 0.6) is 0 Å². The van der Waals surface area contributed by atoms with Crippen LogP contribution in [0, 0.1) is 12.8 Å². The van der Waals surface area contributed by atoms with Crippen LogP contribution in [0.1, 0.15) is 69.1 Å². The highest BCUT2D eigenvalue weighted by Gasteiger charge is 2.34. The third kappa shape index (κ3) is 5.49. The summed E-state index contributed by atoms with van der Waals surface area (Å²) in [5.41, 5.74) is 3.18. The Morgan fingerprint density at radius 3 is 2.35 bits per heavy atom. The van der Waals surface area contributed by atoms with Gasteiger partial charge in [0.2, 0.25) is 11.8 Å². The molecule has 2 heterocycles. The lowest BCUT2D eigenvalue weighted by Crippen LogP contribution is -2.54. The third-order valence-corrected chi connectivity index (χ3v) is 8.29. The van der Waals surface area contributed by atoms with E-state index < -0.39 is 0 Å². The number of Topliss-reactive ketones (excluding diaryl/α,β-unsaturated/α-hetero) is 1. The number of carbonyl (C=O) groups is 3. The number of nitrogens with zero attached hydrogens (tertiary/aromatic N) is 3. The second kappa shape index (κ2) is 10.8. The molecule has 2 amide bonds. The minimum atomic E-state index is -0.314. The topological polar surface area (TPSA) is 60.9 Å². The van der Waals surface area contributed by atoms with Gasteiger partial charge in [0.15, 0.2) is 5.78 Å². The van der Waals surface area contributed by atoms with Gasteiger partial charge < -0.3 is 9.80 Å². The molecule has 0 N–H and O–H groups in total. The lowest BCUT2D eigenvalue weighted by atomic mass is 9.95. The molecule has 1 aliphatic carbocycles. The Hall–Kier alpha value is -1.92. The van der Waals surface area contributed by atoms with Gasteiger partial charge in [0.1, 0.15) is 0 Å². The SMILES string of the molecule is CC(=O)N1CCC[C@@H]1C(=O)Cc1cc(Cl)cc(CN2CCN(C(=O)C3CCCC3)[C@@H](C)C2)c1C. The van der Waals surface area contributed by atoms with Crippen molar-refractivity contribution in [2.45, 2.75) is 84.3 Å². The first-order valence-electron chi connectivity index (χ1n) is 12.8. The van der Waals surface area contributed by atoms with Gasteiger partial charge in [-0.3, -0.25) is 19.3 Å². The highest BCUT2D eigenvalue weighted by atomic mass is 35.5. The van der Waals surface area contributed by atoms with Gasteiger partial charge in [0, 0.05) is 63.1 Å². The van der Waals surface area contributed by atoms with Crippen molar-refractivity contribution in [2.24, 2.45) is 5.92 Å². The smallest absolute Gasteiger partial charge is 0.226 e. The summed E-state index contributed by atoms with van der Waals surface area (Å²) in [5.74, 6) is 0.634. The van der Waals surface area contributed by atoms with Gasteiger partial charge in [-0.15, -0.1) is 0 Å². The Bertz CT molecular complexity index is 943. The Morgan fingerprint density at radius 1 is 0.971 bits per heavy atom. The molecule has 1 aromatic rings. The van der Waals surface area contributed by atoms with Crippen molar-refractivity contribution < 1.29 is 14.4 Å². The molecule has 3 aliphatic rings. The minimum absolute atomic E-state index is 0.0287. The van der Waals surface area contributed by atoms with Crippen LogP contribution in [0.2, 0.25) is 5.02 Å². The van der Waals surface area contributed by atoms with Crippen molar-refractivity contribution >= 4 is 29.2 Å². The number of carbonyl (C=O) groups excluding carboxylic acids is 3. The lowest BCUT2D eigenvalue weighted by Gasteiger charge is -2.41. The van der Waals surface area contributed by atoms with E-state index in [0.29, 0.717) is 23.9 Å². The van der Waals surface area contributed by atoms with Crippen LogP contribution in [0.15, 0.2) is 12.1 Å². The summed E-state index contributed by atoms with van der Waals surface area (Å²) in [5, 5.41) is 0.640. The van der Waals surface area contributed by atoms with E-state index in [1.807, 2.05) is 12.1 Å². The molecule has 4 rings (SSSR count). The Labute approximate surface area is 208 Å². The number of likely N-dealkylation sites (tertiary alicyclic amines) is 1. The normalized spacial score (nSPS) is 24.1. The summed E-state index contributed by atoms with van der Waals surface area (Å²) >= 11 is 6.48. The molecule has 2 atom stereocenters. The monoisotopic (exact) mass is 487 g/mol. The molecule has 1 saturated carbocycles. The van der Waals surface area contributed by atoms with Crippen LogP contribution < -0.4 is 0 Å². The average Bonchev–Trinajstić information content (AvgIpc) is 3.49. The van der Waals surface area contributed by atoms with Crippen LogP contribution in [0.4, 0.5) is 0 Å². The highest BCUT2D eigenvalue weighted by Crippen LogP contribution is 2.29. The number of halogens is 1. The summed E-state index contributed by atoms with van der Waals surface area (Å²) in [6.07, 6.45) is 6.36. The zero-order valence-electron chi connectivity index (χ0n) is 20.8. The quantitative estimate of drug-likeness (QED) is 0.608. The maximum Gasteiger partial charge on any atom is 0.226 e. The Balaban J connectivity index is 1.41. The summed E-state index contributed by atoms with van der Waals surface area (Å²) < 4.78 is 0. The van der Waals surface area contributed by atoms with E-state index in [4.69, 9.17) is 11.6 Å². The molecule has 2 aliphatic heterocycles. The first kappa shape index (κ1) is 25.2. The van der Waals surface area contributed by atoms with Crippen LogP contribution >= 0.6 is 11.6 Å². The summed E-state index contributed by atoms with van der Waals surface area (Å²) in [7, 11) is 0. The number of benzene rings is 1. The number of piperazine rings is 1. The molecular weight excluding hydrogens is 450 g/mol. The van der Waals surface area contributed by atoms with Gasteiger partial charge in [-0.05, 0) is 68.4 Å². The summed E-state index contributed by atoms with van der Waals surface area (Å²) in [6.45, 7) is 9.63. The van der Waals surface area contributed by atoms with Gasteiger partial charge in [0.05, 0.1) is 6.04 Å². The Morgan fingerprint density at radius 2 is 1.68 bits per heavy atom. The fourth-order valence-corrected chi connectivity index (χ4v) is 6.34. The molecule has 0 spiro atoms. The summed E-state index contributed by atoms with van der Waals surface area (Å²) in [4.78, 5) is 44.1. The molecule has 2 saturated heterocycles. The van der Waals surface area contributed by atoms with Crippen molar-refractivity contribution in [1.82, 2.24) is 14.7 Å². The molecule has 0 radical (unpaired) electrons. The molecule has 1 aromatic carbocycles. The summed E-state index contributed by atoms with van der Waals surface area (Å²) in [6, 6.07) is 3.78. The van der Waals surface area contributed by atoms with Crippen LogP contribution in [-0.4, -0.2) is 70.6 Å². The van der Waals surface area contributed by atoms with Crippen LogP contribution in [0.25, 0.3) is 0 Å². The molecule has 7 heteroatoms. The number of ketones is 1. The molecule has 0 bridgehead atoms. The Kier molecular flexibility index (Phi) is 7.98. The van der Waals surface area contributed by atoms with Gasteiger partial charge in [-0.2, -0.15) is 0 Å². The zero-order chi connectivity index (χ0) is 24.4. The predicted octanol–water partition coefficient (Wildman–Crippen LogP) is 3.99. The van der Waals surface area contributed by atoms with Crippen molar-refractivity contribution in [3.8, 4) is 0 Å². The fourth-order valence-electron chi connectivity index (χ4n) is 6.08. The zero-order valence-corrected chi connectivity index (χ0v) is 21.6. The van der Waals surface area contributed by atoms with Gasteiger partial charge in [-0.1, -0.05) is 24.4 Å². The molecule has 3 fully saturated rings. The van der Waals surface area contributed by atoms with Gasteiger partial charge in [0.25, 0.3) is 0 Å². The maximum atomic E-state index is 13.1. The molecule has 186 valence electrons. The van der Waals surface area contributed by atoms with E-state index in [2.05, 4.69) is 23.6 Å². The number of rotatable bonds is 6. The van der Waals surface area contributed by atoms with Crippen LogP contribution in [0.3, 0.4) is 0 Å². The van der Waals surface area contributed by atoms with E-state index >= 15 is 0 Å². The number of hydrogen-bond acceptors (Lipinski definition) is 4. The second-order valence-corrected chi connectivity index (χ2v) is 10.9. The van der Waals surface area contributed by atoms with E-state index in [-0.39, 0.29) is 29.7 Å². The molecule has 6 nitrogen and oxygen atoms in total. The fraction of sp³-hybridized carbons (Fsp3) is 0.667. The lowest BCUT2D eigenvalue weighted by molar-refractivity contribution is -0.140. The first-order chi connectivity index (χ1) is 16.2. The third-order valence-electron chi connectivity index (χ3n) is 8.07. The van der Waals surface area contributed by atoms with E-state index in [9.17, 15) is 14.4 Å². The maximum absolute atomic E-state index is 13.1. The highest BCUT2D eigenvalue weighted by molar-refractivity contribution is 6.30. The predicted molar refractivity (Wildman–Crippen MR) is 134 cm³/mol. The number of hydrogen-bond donors (Lipinski definition) is 0. The van der Waals surface area contributed by atoms with Crippen LogP contribution in [-0.2, 0) is 27.3 Å². The van der Waals surface area contributed by atoms with E-state index in [1.54, 1.807) is 4.90 Å². The molecular formula is C27H38ClN3O3. The van der Waals surface area contributed by atoms with Crippen molar-refractivity contribution in [2.75, 3.05) is 26.2 Å². The van der Waals surface area contributed by atoms with E-state index in [1.165, 1.54) is 19.8 Å².